The highest BCUT2D eigenvalue weighted by molar-refractivity contribution is 7.91. The van der Waals surface area contributed by atoms with Crippen LogP contribution in [-0.4, -0.2) is 84.3 Å². The average Bonchev–Trinajstić information content (AvgIpc) is 3.26. The van der Waals surface area contributed by atoms with E-state index in [9.17, 15) is 26.4 Å². The van der Waals surface area contributed by atoms with E-state index in [1.807, 2.05) is 11.9 Å². The molecule has 0 bridgehead atoms. The Morgan fingerprint density at radius 3 is 2.26 bits per heavy atom. The Balaban J connectivity index is 1.23. The molecule has 3 aromatic carbocycles. The van der Waals surface area contributed by atoms with Gasteiger partial charge in [-0.2, -0.15) is 12.7 Å². The molecule has 2 heterocycles. The molecule has 2 aliphatic rings. The monoisotopic (exact) mass is 629 g/mol. The number of hydrogen-bond acceptors (Lipinski definition) is 10. The van der Waals surface area contributed by atoms with Crippen LogP contribution in [0.25, 0.3) is 0 Å². The summed E-state index contributed by atoms with van der Waals surface area (Å²) in [5.41, 5.74) is 1.06. The smallest absolute Gasteiger partial charge is 0.340 e. The van der Waals surface area contributed by atoms with Gasteiger partial charge in [0.05, 0.1) is 24.3 Å². The Morgan fingerprint density at radius 1 is 0.791 bits per heavy atom. The van der Waals surface area contributed by atoms with E-state index in [4.69, 9.17) is 13.7 Å². The number of nitrogens with zero attached hydrogens (tertiary/aromatic N) is 2. The number of piperazine rings is 1. The second-order valence-corrected chi connectivity index (χ2v) is 13.6. The van der Waals surface area contributed by atoms with Crippen molar-refractivity contribution in [3.8, 4) is 17.2 Å². The van der Waals surface area contributed by atoms with E-state index in [1.165, 1.54) is 34.6 Å². The SMILES string of the molecule is Cc1ccc(S(=O)(=O)Oc2cccc(OCCCOc3cccc4c3C(=O)NC4=O)c2)c(S(=O)(=O)N2CCN(C)CC2)c1. The van der Waals surface area contributed by atoms with Crippen LogP contribution in [0, 0.1) is 6.92 Å². The summed E-state index contributed by atoms with van der Waals surface area (Å²) in [6.45, 7) is 3.66. The topological polar surface area (TPSA) is 149 Å². The Kier molecular flexibility index (Phi) is 8.74. The van der Waals surface area contributed by atoms with Gasteiger partial charge < -0.3 is 18.6 Å². The van der Waals surface area contributed by atoms with Crippen LogP contribution < -0.4 is 19.0 Å². The standard InChI is InChI=1S/C29H31N3O9S2/c1-20-10-11-25(26(18-20)42(35,36)32-14-12-31(2)13-15-32)43(37,38)41-22-7-3-6-21(19-22)39-16-5-17-40-24-9-4-8-23-27(24)29(34)30-28(23)33/h3-4,6-11,18-19H,5,12-17H2,1-2H3,(H,30,33,34). The van der Waals surface area contributed by atoms with Gasteiger partial charge in [0.2, 0.25) is 10.0 Å². The Hall–Kier alpha value is -3.98. The molecular formula is C29H31N3O9S2. The summed E-state index contributed by atoms with van der Waals surface area (Å²) in [5.74, 6) is -0.395. The highest BCUT2D eigenvalue weighted by Crippen LogP contribution is 2.30. The Bertz CT molecular complexity index is 1770. The van der Waals surface area contributed by atoms with E-state index in [0.29, 0.717) is 36.6 Å². The van der Waals surface area contributed by atoms with E-state index in [-0.39, 0.29) is 48.1 Å². The number of aryl methyl sites for hydroxylation is 1. The van der Waals surface area contributed by atoms with Crippen LogP contribution in [0.2, 0.25) is 0 Å². The zero-order valence-electron chi connectivity index (χ0n) is 23.6. The van der Waals surface area contributed by atoms with Gasteiger partial charge in [-0.15, -0.1) is 0 Å². The third kappa shape index (κ3) is 6.67. The van der Waals surface area contributed by atoms with E-state index >= 15 is 0 Å². The molecule has 12 nitrogen and oxygen atoms in total. The molecule has 0 aliphatic carbocycles. The van der Waals surface area contributed by atoms with Crippen molar-refractivity contribution in [1.29, 1.82) is 0 Å². The molecule has 2 amide bonds. The van der Waals surface area contributed by atoms with Crippen molar-refractivity contribution in [3.05, 3.63) is 77.4 Å². The van der Waals surface area contributed by atoms with Crippen molar-refractivity contribution < 1.29 is 40.1 Å². The lowest BCUT2D eigenvalue weighted by atomic mass is 10.1. The predicted octanol–water partition coefficient (Wildman–Crippen LogP) is 2.43. The normalized spacial score (nSPS) is 16.0. The van der Waals surface area contributed by atoms with E-state index in [0.717, 1.165) is 0 Å². The van der Waals surface area contributed by atoms with Gasteiger partial charge in [-0.25, -0.2) is 8.42 Å². The maximum Gasteiger partial charge on any atom is 0.340 e. The molecule has 2 aliphatic heterocycles. The minimum Gasteiger partial charge on any atom is -0.493 e. The quantitative estimate of drug-likeness (QED) is 0.190. The molecule has 0 aromatic heterocycles. The number of nitrogens with one attached hydrogen (secondary N) is 1. The van der Waals surface area contributed by atoms with Crippen molar-refractivity contribution in [2.75, 3.05) is 46.4 Å². The van der Waals surface area contributed by atoms with Crippen LogP contribution in [0.3, 0.4) is 0 Å². The molecule has 0 radical (unpaired) electrons. The van der Waals surface area contributed by atoms with Gasteiger partial charge in [0.25, 0.3) is 11.8 Å². The van der Waals surface area contributed by atoms with Gasteiger partial charge in [0.15, 0.2) is 0 Å². The molecule has 0 spiro atoms. The van der Waals surface area contributed by atoms with Gasteiger partial charge in [0.1, 0.15) is 27.0 Å². The maximum atomic E-state index is 13.5. The third-order valence-electron chi connectivity index (χ3n) is 7.00. The number of ether oxygens (including phenoxy) is 2. The fourth-order valence-electron chi connectivity index (χ4n) is 4.72. The van der Waals surface area contributed by atoms with Crippen molar-refractivity contribution in [3.63, 3.8) is 0 Å². The summed E-state index contributed by atoms with van der Waals surface area (Å²) in [4.78, 5) is 25.1. The fraction of sp³-hybridized carbons (Fsp3) is 0.310. The molecule has 1 fully saturated rings. The highest BCUT2D eigenvalue weighted by Gasteiger charge is 2.34. The first kappa shape index (κ1) is 30.5. The number of imide groups is 1. The summed E-state index contributed by atoms with van der Waals surface area (Å²) < 4.78 is 71.8. The van der Waals surface area contributed by atoms with Crippen LogP contribution in [0.15, 0.2) is 70.5 Å². The van der Waals surface area contributed by atoms with Gasteiger partial charge in [0, 0.05) is 38.7 Å². The molecule has 14 heteroatoms. The van der Waals surface area contributed by atoms with Crippen molar-refractivity contribution in [1.82, 2.24) is 14.5 Å². The molecule has 43 heavy (non-hydrogen) atoms. The minimum absolute atomic E-state index is 0.0483. The number of hydrogen-bond donors (Lipinski definition) is 1. The lowest BCUT2D eigenvalue weighted by molar-refractivity contribution is 0.0878. The number of fused-ring (bicyclic) bond motifs is 1. The summed E-state index contributed by atoms with van der Waals surface area (Å²) in [6, 6.07) is 14.9. The Labute approximate surface area is 250 Å². The van der Waals surface area contributed by atoms with Gasteiger partial charge in [-0.1, -0.05) is 18.2 Å². The first-order valence-corrected chi connectivity index (χ1v) is 16.4. The molecule has 228 valence electrons. The van der Waals surface area contributed by atoms with Crippen LogP contribution >= 0.6 is 0 Å². The number of rotatable bonds is 11. The number of benzene rings is 3. The van der Waals surface area contributed by atoms with Crippen molar-refractivity contribution in [2.45, 2.75) is 23.1 Å². The molecule has 0 saturated carbocycles. The molecular weight excluding hydrogens is 598 g/mol. The second-order valence-electron chi connectivity index (χ2n) is 10.2. The molecule has 1 N–H and O–H groups in total. The lowest BCUT2D eigenvalue weighted by Crippen LogP contribution is -2.47. The van der Waals surface area contributed by atoms with Crippen molar-refractivity contribution in [2.24, 2.45) is 0 Å². The maximum absolute atomic E-state index is 13.5. The Morgan fingerprint density at radius 2 is 1.49 bits per heavy atom. The number of sulfonamides is 1. The van der Waals surface area contributed by atoms with E-state index < -0.39 is 36.9 Å². The van der Waals surface area contributed by atoms with Gasteiger partial charge >= 0.3 is 10.1 Å². The molecule has 0 atom stereocenters. The second kappa shape index (κ2) is 12.3. The third-order valence-corrected chi connectivity index (χ3v) is 10.4. The van der Waals surface area contributed by atoms with E-state index in [1.54, 1.807) is 37.3 Å². The van der Waals surface area contributed by atoms with Gasteiger partial charge in [-0.05, 0) is 55.9 Å². The summed E-state index contributed by atoms with van der Waals surface area (Å²) in [7, 11) is -6.73. The summed E-state index contributed by atoms with van der Waals surface area (Å²) >= 11 is 0. The molecule has 3 aromatic rings. The number of amides is 2. The number of carbonyl (C=O) groups is 2. The first-order chi connectivity index (χ1) is 20.5. The average molecular weight is 630 g/mol. The zero-order chi connectivity index (χ0) is 30.8. The zero-order valence-corrected chi connectivity index (χ0v) is 25.2. The van der Waals surface area contributed by atoms with Gasteiger partial charge in [-0.3, -0.25) is 14.9 Å². The number of carbonyl (C=O) groups excluding carboxylic acids is 2. The summed E-state index contributed by atoms with van der Waals surface area (Å²) in [5, 5.41) is 2.24. The van der Waals surface area contributed by atoms with Crippen LogP contribution in [0.1, 0.15) is 32.7 Å². The number of likely N-dealkylation sites (N-methyl/N-ethyl adjacent to an activating group) is 1. The molecule has 5 rings (SSSR count). The van der Waals surface area contributed by atoms with E-state index in [2.05, 4.69) is 5.32 Å². The van der Waals surface area contributed by atoms with Crippen LogP contribution in [-0.2, 0) is 20.1 Å². The molecule has 0 unspecified atom stereocenters. The van der Waals surface area contributed by atoms with Crippen LogP contribution in [0.5, 0.6) is 17.2 Å². The largest absolute Gasteiger partial charge is 0.493 e. The predicted molar refractivity (Wildman–Crippen MR) is 156 cm³/mol. The minimum atomic E-state index is -4.53. The highest BCUT2D eigenvalue weighted by atomic mass is 32.2. The van der Waals surface area contributed by atoms with Crippen LogP contribution in [0.4, 0.5) is 0 Å². The molecule has 1 saturated heterocycles. The first-order valence-electron chi connectivity index (χ1n) is 13.5. The fourth-order valence-corrected chi connectivity index (χ4v) is 7.91. The summed E-state index contributed by atoms with van der Waals surface area (Å²) in [6.07, 6.45) is 0.416. The van der Waals surface area contributed by atoms with Crippen molar-refractivity contribution >= 4 is 32.0 Å². The lowest BCUT2D eigenvalue weighted by Gasteiger charge is -2.32.